The van der Waals surface area contributed by atoms with Gasteiger partial charge in [0.25, 0.3) is 5.91 Å². The number of hydrogen-bond acceptors (Lipinski definition) is 5. The molecule has 1 aliphatic rings. The first-order valence-corrected chi connectivity index (χ1v) is 5.99. The summed E-state index contributed by atoms with van der Waals surface area (Å²) in [5, 5.41) is 23.3. The van der Waals surface area contributed by atoms with E-state index < -0.39 is 16.4 Å². The average Bonchev–Trinajstić information content (AvgIpc) is 2.37. The van der Waals surface area contributed by atoms with Gasteiger partial charge in [0, 0.05) is 37.3 Å². The Labute approximate surface area is 110 Å². The van der Waals surface area contributed by atoms with Crippen molar-refractivity contribution in [3.63, 3.8) is 0 Å². The predicted molar refractivity (Wildman–Crippen MR) is 68.1 cm³/mol. The number of benzene rings is 1. The zero-order chi connectivity index (χ0) is 14.0. The van der Waals surface area contributed by atoms with E-state index >= 15 is 0 Å². The largest absolute Gasteiger partial charge is 0.502 e. The number of nitrogens with one attached hydrogen (secondary N) is 1. The number of aromatic hydroxyl groups is 1. The third kappa shape index (κ3) is 2.82. The summed E-state index contributed by atoms with van der Waals surface area (Å²) in [5.41, 5.74) is -0.137. The number of hydrogen-bond donors (Lipinski definition) is 2. The van der Waals surface area contributed by atoms with Gasteiger partial charge in [0.05, 0.1) is 4.92 Å². The van der Waals surface area contributed by atoms with Crippen molar-refractivity contribution in [2.75, 3.05) is 19.6 Å². The van der Waals surface area contributed by atoms with Crippen molar-refractivity contribution in [2.45, 2.75) is 13.0 Å². The highest BCUT2D eigenvalue weighted by Crippen LogP contribution is 2.26. The average molecular weight is 265 g/mol. The molecule has 7 nitrogen and oxygen atoms in total. The van der Waals surface area contributed by atoms with Crippen LogP contribution >= 0.6 is 0 Å². The van der Waals surface area contributed by atoms with Gasteiger partial charge < -0.3 is 15.3 Å². The van der Waals surface area contributed by atoms with E-state index in [0.717, 1.165) is 12.1 Å². The van der Waals surface area contributed by atoms with Gasteiger partial charge in [0.1, 0.15) is 0 Å². The van der Waals surface area contributed by atoms with Crippen LogP contribution in [-0.4, -0.2) is 46.5 Å². The van der Waals surface area contributed by atoms with E-state index in [-0.39, 0.29) is 17.5 Å². The molecule has 2 rings (SSSR count). The van der Waals surface area contributed by atoms with Crippen LogP contribution in [0.25, 0.3) is 0 Å². The lowest BCUT2D eigenvalue weighted by molar-refractivity contribution is -0.385. The fourth-order valence-electron chi connectivity index (χ4n) is 2.11. The number of piperazine rings is 1. The van der Waals surface area contributed by atoms with Gasteiger partial charge in [-0.15, -0.1) is 0 Å². The standard InChI is InChI=1S/C12H15N3O4/c1-8-7-14(5-4-13-8)12(17)9-2-3-10(15(18)19)11(16)6-9/h2-3,6,8,13,16H,4-5,7H2,1H3. The van der Waals surface area contributed by atoms with Crippen molar-refractivity contribution in [3.8, 4) is 5.75 Å². The van der Waals surface area contributed by atoms with Crippen LogP contribution < -0.4 is 5.32 Å². The molecule has 102 valence electrons. The van der Waals surface area contributed by atoms with Gasteiger partial charge in [-0.3, -0.25) is 14.9 Å². The molecule has 1 saturated heterocycles. The van der Waals surface area contributed by atoms with Crippen molar-refractivity contribution < 1.29 is 14.8 Å². The lowest BCUT2D eigenvalue weighted by Gasteiger charge is -2.31. The summed E-state index contributed by atoms with van der Waals surface area (Å²) < 4.78 is 0. The second-order valence-electron chi connectivity index (χ2n) is 4.57. The first-order chi connectivity index (χ1) is 8.99. The molecular weight excluding hydrogens is 250 g/mol. The van der Waals surface area contributed by atoms with Crippen LogP contribution in [0.4, 0.5) is 5.69 Å². The summed E-state index contributed by atoms with van der Waals surface area (Å²) >= 11 is 0. The monoisotopic (exact) mass is 265 g/mol. The molecule has 1 fully saturated rings. The molecule has 1 aromatic carbocycles. The van der Waals surface area contributed by atoms with E-state index in [1.807, 2.05) is 6.92 Å². The van der Waals surface area contributed by atoms with Gasteiger partial charge in [0.15, 0.2) is 5.75 Å². The molecule has 0 spiro atoms. The first kappa shape index (κ1) is 13.3. The highest BCUT2D eigenvalue weighted by molar-refractivity contribution is 5.95. The zero-order valence-corrected chi connectivity index (χ0v) is 10.5. The molecular formula is C12H15N3O4. The van der Waals surface area contributed by atoms with E-state index in [2.05, 4.69) is 5.32 Å². The maximum atomic E-state index is 12.2. The van der Waals surface area contributed by atoms with Crippen LogP contribution in [0.15, 0.2) is 18.2 Å². The summed E-state index contributed by atoms with van der Waals surface area (Å²) in [6, 6.07) is 3.87. The smallest absolute Gasteiger partial charge is 0.310 e. The zero-order valence-electron chi connectivity index (χ0n) is 10.5. The number of carbonyl (C=O) groups excluding carboxylic acids is 1. The maximum absolute atomic E-state index is 12.2. The summed E-state index contributed by atoms with van der Waals surface area (Å²) in [6.45, 7) is 3.86. The fraction of sp³-hybridized carbons (Fsp3) is 0.417. The Hall–Kier alpha value is -2.15. The molecule has 0 saturated carbocycles. The van der Waals surface area contributed by atoms with E-state index in [1.54, 1.807) is 4.90 Å². The second-order valence-corrected chi connectivity index (χ2v) is 4.57. The number of nitro benzene ring substituents is 1. The maximum Gasteiger partial charge on any atom is 0.310 e. The number of nitro groups is 1. The van der Waals surface area contributed by atoms with E-state index in [4.69, 9.17) is 0 Å². The highest BCUT2D eigenvalue weighted by atomic mass is 16.6. The topological polar surface area (TPSA) is 95.7 Å². The van der Waals surface area contributed by atoms with Crippen LogP contribution in [0, 0.1) is 10.1 Å². The molecule has 19 heavy (non-hydrogen) atoms. The third-order valence-electron chi connectivity index (χ3n) is 3.08. The Morgan fingerprint density at radius 3 is 2.89 bits per heavy atom. The molecule has 0 radical (unpaired) electrons. The van der Waals surface area contributed by atoms with Crippen LogP contribution in [0.5, 0.6) is 5.75 Å². The number of carbonyl (C=O) groups is 1. The molecule has 0 aliphatic carbocycles. The van der Waals surface area contributed by atoms with E-state index in [1.165, 1.54) is 6.07 Å². The Morgan fingerprint density at radius 1 is 1.58 bits per heavy atom. The Kier molecular flexibility index (Phi) is 3.66. The lowest BCUT2D eigenvalue weighted by Crippen LogP contribution is -2.51. The van der Waals surface area contributed by atoms with Crippen molar-refractivity contribution in [1.29, 1.82) is 0 Å². The Bertz CT molecular complexity index is 518. The molecule has 1 aromatic rings. The highest BCUT2D eigenvalue weighted by Gasteiger charge is 2.23. The van der Waals surface area contributed by atoms with E-state index in [0.29, 0.717) is 19.6 Å². The molecule has 1 atom stereocenters. The van der Waals surface area contributed by atoms with Crippen molar-refractivity contribution >= 4 is 11.6 Å². The first-order valence-electron chi connectivity index (χ1n) is 5.99. The van der Waals surface area contributed by atoms with Crippen LogP contribution in [0.2, 0.25) is 0 Å². The van der Waals surface area contributed by atoms with Crippen molar-refractivity contribution in [2.24, 2.45) is 0 Å². The number of nitrogens with zero attached hydrogens (tertiary/aromatic N) is 2. The number of phenols is 1. The van der Waals surface area contributed by atoms with Gasteiger partial charge in [-0.05, 0) is 19.1 Å². The fourth-order valence-corrected chi connectivity index (χ4v) is 2.11. The molecule has 2 N–H and O–H groups in total. The van der Waals surface area contributed by atoms with Gasteiger partial charge >= 0.3 is 5.69 Å². The molecule has 0 aromatic heterocycles. The van der Waals surface area contributed by atoms with E-state index in [9.17, 15) is 20.0 Å². The summed E-state index contributed by atoms with van der Waals surface area (Å²) in [4.78, 5) is 23.8. The summed E-state index contributed by atoms with van der Waals surface area (Å²) in [7, 11) is 0. The van der Waals surface area contributed by atoms with Gasteiger partial charge in [0.2, 0.25) is 0 Å². The molecule has 1 heterocycles. The molecule has 1 aliphatic heterocycles. The Balaban J connectivity index is 2.19. The second kappa shape index (κ2) is 5.23. The van der Waals surface area contributed by atoms with Crippen LogP contribution in [0.3, 0.4) is 0 Å². The summed E-state index contributed by atoms with van der Waals surface area (Å²) in [6.07, 6.45) is 0. The number of rotatable bonds is 2. The molecule has 1 unspecified atom stereocenters. The normalized spacial score (nSPS) is 19.2. The van der Waals surface area contributed by atoms with Crippen LogP contribution in [0.1, 0.15) is 17.3 Å². The number of amides is 1. The predicted octanol–water partition coefficient (Wildman–Crippen LogP) is 0.734. The quantitative estimate of drug-likeness (QED) is 0.607. The number of phenolic OH excluding ortho intramolecular Hbond substituents is 1. The minimum absolute atomic E-state index is 0.212. The molecule has 1 amide bonds. The minimum atomic E-state index is -0.684. The SMILES string of the molecule is CC1CN(C(=O)c2ccc([N+](=O)[O-])c(O)c2)CCN1. The lowest BCUT2D eigenvalue weighted by atomic mass is 10.1. The summed E-state index contributed by atoms with van der Waals surface area (Å²) in [5.74, 6) is -0.711. The van der Waals surface area contributed by atoms with Gasteiger partial charge in [-0.1, -0.05) is 0 Å². The minimum Gasteiger partial charge on any atom is -0.502 e. The van der Waals surface area contributed by atoms with Crippen molar-refractivity contribution in [1.82, 2.24) is 10.2 Å². The Morgan fingerprint density at radius 2 is 2.32 bits per heavy atom. The van der Waals surface area contributed by atoms with Crippen LogP contribution in [-0.2, 0) is 0 Å². The van der Waals surface area contributed by atoms with Gasteiger partial charge in [-0.2, -0.15) is 0 Å². The van der Waals surface area contributed by atoms with Gasteiger partial charge in [-0.25, -0.2) is 0 Å². The molecule has 7 heteroatoms. The molecule has 0 bridgehead atoms. The third-order valence-corrected chi connectivity index (χ3v) is 3.08. The van der Waals surface area contributed by atoms with Crippen molar-refractivity contribution in [3.05, 3.63) is 33.9 Å².